The molecule has 0 bridgehead atoms. The van der Waals surface area contributed by atoms with Crippen LogP contribution < -0.4 is 0 Å². The van der Waals surface area contributed by atoms with Gasteiger partial charge in [-0.3, -0.25) is 13.3 Å². The maximum absolute atomic E-state index is 14.1. The summed E-state index contributed by atoms with van der Waals surface area (Å²) in [6, 6.07) is 25.7. The van der Waals surface area contributed by atoms with Gasteiger partial charge in [-0.05, 0) is 69.6 Å². The van der Waals surface area contributed by atoms with Gasteiger partial charge in [0.25, 0.3) is 0 Å². The summed E-state index contributed by atoms with van der Waals surface area (Å²) >= 11 is 0. The number of aryl methyl sites for hydroxylation is 2. The van der Waals surface area contributed by atoms with Crippen molar-refractivity contribution in [2.45, 2.75) is 53.5 Å². The molecule has 1 heterocycles. The Balaban J connectivity index is 1.82. The molecule has 0 saturated carbocycles. The molecule has 3 aromatic rings. The molecule has 0 aromatic heterocycles. The van der Waals surface area contributed by atoms with Gasteiger partial charge in [-0.15, -0.1) is 0 Å². The van der Waals surface area contributed by atoms with E-state index in [0.29, 0.717) is 0 Å². The quantitative estimate of drug-likeness (QED) is 0.444. The van der Waals surface area contributed by atoms with Gasteiger partial charge in [0.1, 0.15) is 4.58 Å². The molecule has 3 atom stereocenters. The lowest BCUT2D eigenvalue weighted by atomic mass is 10.0. The van der Waals surface area contributed by atoms with Crippen molar-refractivity contribution < 1.29 is 8.42 Å². The highest BCUT2D eigenvalue weighted by molar-refractivity contribution is 8.03. The van der Waals surface area contributed by atoms with Crippen molar-refractivity contribution in [2.24, 2.45) is 0 Å². The van der Waals surface area contributed by atoms with Crippen molar-refractivity contribution >= 4 is 21.6 Å². The van der Waals surface area contributed by atoms with E-state index in [1.165, 1.54) is 6.42 Å². The molecule has 0 aliphatic carbocycles. The Morgan fingerprint density at radius 1 is 0.656 bits per heavy atom. The van der Waals surface area contributed by atoms with Crippen molar-refractivity contribution in [1.82, 2.24) is 4.90 Å². The second kappa shape index (κ2) is 10.7. The van der Waals surface area contributed by atoms with Crippen molar-refractivity contribution in [1.29, 1.82) is 0 Å². The number of rotatable bonds is 7. The van der Waals surface area contributed by atoms with Gasteiger partial charge in [0.2, 0.25) is 0 Å². The maximum atomic E-state index is 14.1. The van der Waals surface area contributed by atoms with Gasteiger partial charge in [-0.2, -0.15) is 0 Å². The molecular formula is C27H31NO2S2. The standard InChI is InChI=1S/C27H31NO2S2/c1-21-11-15-24(16-12-21)31(29)27(32(30)25-17-13-22(2)14-18-25)26(23-9-5-3-6-10-23)28-19-7-4-8-20-28/h3,5-6,9-18,26-27H,4,7-8,19-20H2,1-2H3/t26-,31-,32-/m0/s1. The SMILES string of the molecule is Cc1ccc([S@](=O)C([C@H](c2ccccc2)N2CCCCC2)[S@@](=O)c2ccc(C)cc2)cc1. The Morgan fingerprint density at radius 3 is 1.59 bits per heavy atom. The van der Waals surface area contributed by atoms with Crippen molar-refractivity contribution in [3.63, 3.8) is 0 Å². The minimum absolute atomic E-state index is 0.180. The van der Waals surface area contributed by atoms with Gasteiger partial charge in [-0.1, -0.05) is 72.1 Å². The largest absolute Gasteiger partial charge is 0.294 e. The van der Waals surface area contributed by atoms with E-state index in [-0.39, 0.29) is 6.04 Å². The van der Waals surface area contributed by atoms with Crippen LogP contribution in [0.4, 0.5) is 0 Å². The fourth-order valence-corrected chi connectivity index (χ4v) is 8.09. The van der Waals surface area contributed by atoms with Crippen molar-refractivity contribution in [3.8, 4) is 0 Å². The monoisotopic (exact) mass is 465 g/mol. The van der Waals surface area contributed by atoms with Gasteiger partial charge in [0, 0.05) is 9.79 Å². The lowest BCUT2D eigenvalue weighted by Gasteiger charge is -2.38. The van der Waals surface area contributed by atoms with Crippen LogP contribution in [0.2, 0.25) is 0 Å². The Morgan fingerprint density at radius 2 is 1.12 bits per heavy atom. The van der Waals surface area contributed by atoms with Gasteiger partial charge in [0.15, 0.2) is 0 Å². The Labute approximate surface area is 196 Å². The van der Waals surface area contributed by atoms with Gasteiger partial charge in [0.05, 0.1) is 27.6 Å². The van der Waals surface area contributed by atoms with Crippen LogP contribution in [0.1, 0.15) is 42.0 Å². The summed E-state index contributed by atoms with van der Waals surface area (Å²) in [7, 11) is -2.88. The highest BCUT2D eigenvalue weighted by atomic mass is 32.2. The van der Waals surface area contributed by atoms with Crippen molar-refractivity contribution in [2.75, 3.05) is 13.1 Å². The van der Waals surface area contributed by atoms with Crippen LogP contribution in [0.25, 0.3) is 0 Å². The van der Waals surface area contributed by atoms with Gasteiger partial charge < -0.3 is 0 Å². The van der Waals surface area contributed by atoms with E-state index in [1.54, 1.807) is 0 Å². The number of likely N-dealkylation sites (tertiary alicyclic amines) is 1. The summed E-state index contributed by atoms with van der Waals surface area (Å²) in [6.07, 6.45) is 3.44. The molecule has 1 saturated heterocycles. The van der Waals surface area contributed by atoms with Gasteiger partial charge >= 0.3 is 0 Å². The lowest BCUT2D eigenvalue weighted by Crippen LogP contribution is -2.43. The molecule has 0 spiro atoms. The average molecular weight is 466 g/mol. The molecule has 1 aliphatic heterocycles. The fraction of sp³-hybridized carbons (Fsp3) is 0.333. The molecular weight excluding hydrogens is 434 g/mol. The third-order valence-corrected chi connectivity index (χ3v) is 9.99. The molecule has 3 nitrogen and oxygen atoms in total. The molecule has 0 radical (unpaired) electrons. The van der Waals surface area contributed by atoms with Crippen LogP contribution in [0.5, 0.6) is 0 Å². The van der Waals surface area contributed by atoms with E-state index in [0.717, 1.165) is 52.4 Å². The first kappa shape index (κ1) is 23.1. The molecule has 5 heteroatoms. The Kier molecular flexibility index (Phi) is 7.71. The number of nitrogens with zero attached hydrogens (tertiary/aromatic N) is 1. The molecule has 0 N–H and O–H groups in total. The maximum Gasteiger partial charge on any atom is 0.139 e. The summed E-state index contributed by atoms with van der Waals surface area (Å²) < 4.78 is 27.6. The van der Waals surface area contributed by atoms with E-state index < -0.39 is 26.2 Å². The summed E-state index contributed by atoms with van der Waals surface area (Å²) in [4.78, 5) is 3.87. The lowest BCUT2D eigenvalue weighted by molar-refractivity contribution is 0.171. The van der Waals surface area contributed by atoms with Crippen LogP contribution in [-0.4, -0.2) is 31.0 Å². The molecule has 0 unspecified atom stereocenters. The molecule has 32 heavy (non-hydrogen) atoms. The third kappa shape index (κ3) is 5.28. The zero-order chi connectivity index (χ0) is 22.5. The number of piperidine rings is 1. The molecule has 168 valence electrons. The molecule has 1 fully saturated rings. The molecule has 4 rings (SSSR count). The van der Waals surface area contributed by atoms with E-state index in [2.05, 4.69) is 17.0 Å². The van der Waals surface area contributed by atoms with Crippen LogP contribution >= 0.6 is 0 Å². The van der Waals surface area contributed by atoms with Crippen LogP contribution in [0.15, 0.2) is 88.7 Å². The minimum atomic E-state index is -1.44. The first-order chi connectivity index (χ1) is 15.5. The van der Waals surface area contributed by atoms with E-state index in [9.17, 15) is 8.42 Å². The third-order valence-electron chi connectivity index (χ3n) is 6.11. The summed E-state index contributed by atoms with van der Waals surface area (Å²) in [5.41, 5.74) is 3.33. The second-order valence-electron chi connectivity index (χ2n) is 8.54. The van der Waals surface area contributed by atoms with E-state index >= 15 is 0 Å². The second-order valence-corrected chi connectivity index (χ2v) is 12.0. The van der Waals surface area contributed by atoms with Crippen LogP contribution in [0, 0.1) is 13.8 Å². The van der Waals surface area contributed by atoms with E-state index in [1.807, 2.05) is 80.6 Å². The Hall–Kier alpha value is -2.08. The highest BCUT2D eigenvalue weighted by Crippen LogP contribution is 2.36. The van der Waals surface area contributed by atoms with Crippen molar-refractivity contribution in [3.05, 3.63) is 95.6 Å². The average Bonchev–Trinajstić information content (AvgIpc) is 2.84. The zero-order valence-electron chi connectivity index (χ0n) is 18.8. The molecule has 3 aromatic carbocycles. The van der Waals surface area contributed by atoms with E-state index in [4.69, 9.17) is 0 Å². The summed E-state index contributed by atoms with van der Waals surface area (Å²) in [6.45, 7) is 5.92. The minimum Gasteiger partial charge on any atom is -0.294 e. The predicted octanol–water partition coefficient (Wildman–Crippen LogP) is 5.77. The van der Waals surface area contributed by atoms with Crippen LogP contribution in [0.3, 0.4) is 0 Å². The number of benzene rings is 3. The topological polar surface area (TPSA) is 37.4 Å². The fourth-order valence-electron chi connectivity index (χ4n) is 4.31. The zero-order valence-corrected chi connectivity index (χ0v) is 20.4. The smallest absolute Gasteiger partial charge is 0.139 e. The normalized spacial score (nSPS) is 17.7. The highest BCUT2D eigenvalue weighted by Gasteiger charge is 2.39. The summed E-state index contributed by atoms with van der Waals surface area (Å²) in [5.74, 6) is 0. The number of hydrogen-bond acceptors (Lipinski definition) is 3. The molecule has 1 aliphatic rings. The number of hydrogen-bond donors (Lipinski definition) is 0. The Bertz CT molecular complexity index is 1000. The summed E-state index contributed by atoms with van der Waals surface area (Å²) in [5, 5.41) is 0. The first-order valence-corrected chi connectivity index (χ1v) is 13.7. The van der Waals surface area contributed by atoms with Crippen LogP contribution in [-0.2, 0) is 21.6 Å². The first-order valence-electron chi connectivity index (χ1n) is 11.3. The predicted molar refractivity (Wildman–Crippen MR) is 134 cm³/mol. The van der Waals surface area contributed by atoms with Gasteiger partial charge in [-0.25, -0.2) is 0 Å². The molecule has 0 amide bonds.